The van der Waals surface area contributed by atoms with E-state index in [1.165, 1.54) is 6.07 Å². The Bertz CT molecular complexity index is 476. The van der Waals surface area contributed by atoms with Gasteiger partial charge in [0.1, 0.15) is 12.4 Å². The fourth-order valence-corrected chi connectivity index (χ4v) is 1.29. The molecule has 0 bridgehead atoms. The number of para-hydroxylation sites is 1. The fourth-order valence-electron chi connectivity index (χ4n) is 1.29. The third-order valence-electron chi connectivity index (χ3n) is 2.19. The van der Waals surface area contributed by atoms with E-state index >= 15 is 0 Å². The van der Waals surface area contributed by atoms with E-state index in [9.17, 15) is 8.78 Å². The van der Waals surface area contributed by atoms with Gasteiger partial charge in [-0.2, -0.15) is 0 Å². The summed E-state index contributed by atoms with van der Waals surface area (Å²) in [6.45, 7) is 0.0291. The SMILES string of the molecule is Cn1ccnc1COc1c(F)cccc1F. The molecule has 84 valence electrons. The molecule has 0 unspecified atom stereocenters. The molecule has 0 aliphatic carbocycles. The number of hydrogen-bond acceptors (Lipinski definition) is 2. The zero-order valence-electron chi connectivity index (χ0n) is 8.65. The quantitative estimate of drug-likeness (QED) is 0.799. The van der Waals surface area contributed by atoms with Crippen LogP contribution < -0.4 is 4.74 Å². The lowest BCUT2D eigenvalue weighted by Gasteiger charge is -2.07. The van der Waals surface area contributed by atoms with E-state index in [2.05, 4.69) is 4.98 Å². The Morgan fingerprint density at radius 2 is 2.00 bits per heavy atom. The molecule has 3 nitrogen and oxygen atoms in total. The number of nitrogens with zero attached hydrogens (tertiary/aromatic N) is 2. The van der Waals surface area contributed by atoms with E-state index in [4.69, 9.17) is 4.74 Å². The van der Waals surface area contributed by atoms with Gasteiger partial charge in [0.25, 0.3) is 0 Å². The highest BCUT2D eigenvalue weighted by molar-refractivity contribution is 5.26. The molecule has 0 spiro atoms. The van der Waals surface area contributed by atoms with Crippen molar-refractivity contribution in [1.82, 2.24) is 9.55 Å². The van der Waals surface area contributed by atoms with Gasteiger partial charge in [-0.15, -0.1) is 0 Å². The number of halogens is 2. The number of aryl methyl sites for hydroxylation is 1. The molecule has 0 amide bonds. The minimum Gasteiger partial charge on any atom is -0.480 e. The van der Waals surface area contributed by atoms with Gasteiger partial charge in [0.2, 0.25) is 0 Å². The molecule has 5 heteroatoms. The van der Waals surface area contributed by atoms with Crippen LogP contribution in [-0.4, -0.2) is 9.55 Å². The van der Waals surface area contributed by atoms with Crippen molar-refractivity contribution in [2.45, 2.75) is 6.61 Å². The Balaban J connectivity index is 2.14. The maximum atomic E-state index is 13.2. The lowest BCUT2D eigenvalue weighted by atomic mass is 10.3. The summed E-state index contributed by atoms with van der Waals surface area (Å²) in [5.74, 6) is -1.20. The summed E-state index contributed by atoms with van der Waals surface area (Å²) < 4.78 is 33.2. The second-order valence-electron chi connectivity index (χ2n) is 3.29. The summed E-state index contributed by atoms with van der Waals surface area (Å²) in [6.07, 6.45) is 3.33. The fraction of sp³-hybridized carbons (Fsp3) is 0.182. The first-order valence-electron chi connectivity index (χ1n) is 4.71. The molecule has 0 aliphatic rings. The van der Waals surface area contributed by atoms with Crippen LogP contribution in [0, 0.1) is 11.6 Å². The van der Waals surface area contributed by atoms with E-state index in [1.807, 2.05) is 0 Å². The summed E-state index contributed by atoms with van der Waals surface area (Å²) in [7, 11) is 1.78. The van der Waals surface area contributed by atoms with Crippen LogP contribution in [-0.2, 0) is 13.7 Å². The number of ether oxygens (including phenoxy) is 1. The van der Waals surface area contributed by atoms with E-state index in [0.29, 0.717) is 5.82 Å². The van der Waals surface area contributed by atoms with Gasteiger partial charge in [0.15, 0.2) is 17.4 Å². The van der Waals surface area contributed by atoms with Crippen molar-refractivity contribution >= 4 is 0 Å². The first kappa shape index (κ1) is 10.6. The molecule has 1 aromatic heterocycles. The van der Waals surface area contributed by atoms with Crippen LogP contribution in [0.5, 0.6) is 5.75 Å². The molecule has 16 heavy (non-hydrogen) atoms. The third kappa shape index (κ3) is 2.03. The lowest BCUT2D eigenvalue weighted by molar-refractivity contribution is 0.262. The number of hydrogen-bond donors (Lipinski definition) is 0. The number of imidazole rings is 1. The normalized spacial score (nSPS) is 10.4. The molecular formula is C11H10F2N2O. The van der Waals surface area contributed by atoms with Gasteiger partial charge >= 0.3 is 0 Å². The predicted molar refractivity (Wildman–Crippen MR) is 53.9 cm³/mol. The average Bonchev–Trinajstić information content (AvgIpc) is 2.64. The minimum atomic E-state index is -0.714. The van der Waals surface area contributed by atoms with Crippen molar-refractivity contribution in [3.05, 3.63) is 48.1 Å². The van der Waals surface area contributed by atoms with Gasteiger partial charge in [0.05, 0.1) is 0 Å². The van der Waals surface area contributed by atoms with Crippen molar-refractivity contribution in [2.24, 2.45) is 7.05 Å². The molecule has 1 aromatic carbocycles. The van der Waals surface area contributed by atoms with Crippen LogP contribution >= 0.6 is 0 Å². The summed E-state index contributed by atoms with van der Waals surface area (Å²) >= 11 is 0. The van der Waals surface area contributed by atoms with Crippen LogP contribution in [0.1, 0.15) is 5.82 Å². The Labute approximate surface area is 91.3 Å². The van der Waals surface area contributed by atoms with Crippen LogP contribution in [0.25, 0.3) is 0 Å². The Morgan fingerprint density at radius 1 is 1.31 bits per heavy atom. The molecule has 2 aromatic rings. The van der Waals surface area contributed by atoms with E-state index in [1.54, 1.807) is 24.0 Å². The summed E-state index contributed by atoms with van der Waals surface area (Å²) in [5.41, 5.74) is 0. The van der Waals surface area contributed by atoms with Crippen molar-refractivity contribution < 1.29 is 13.5 Å². The maximum absolute atomic E-state index is 13.2. The lowest BCUT2D eigenvalue weighted by Crippen LogP contribution is -2.05. The molecule has 1 heterocycles. The van der Waals surface area contributed by atoms with Crippen molar-refractivity contribution in [3.8, 4) is 5.75 Å². The van der Waals surface area contributed by atoms with E-state index in [0.717, 1.165) is 12.1 Å². The van der Waals surface area contributed by atoms with Crippen molar-refractivity contribution in [2.75, 3.05) is 0 Å². The van der Waals surface area contributed by atoms with Gasteiger partial charge in [-0.3, -0.25) is 0 Å². The van der Waals surface area contributed by atoms with Crippen molar-refractivity contribution in [3.63, 3.8) is 0 Å². The highest BCUT2D eigenvalue weighted by Crippen LogP contribution is 2.21. The maximum Gasteiger partial charge on any atom is 0.191 e. The zero-order chi connectivity index (χ0) is 11.5. The predicted octanol–water partition coefficient (Wildman–Crippen LogP) is 2.28. The molecule has 0 aliphatic heterocycles. The third-order valence-corrected chi connectivity index (χ3v) is 2.19. The minimum absolute atomic E-state index is 0.0291. The molecule has 0 fully saturated rings. The van der Waals surface area contributed by atoms with Crippen molar-refractivity contribution in [1.29, 1.82) is 0 Å². The standard InChI is InChI=1S/C11H10F2N2O/c1-15-6-5-14-10(15)7-16-11-8(12)3-2-4-9(11)13/h2-6H,7H2,1H3. The number of benzene rings is 1. The molecular weight excluding hydrogens is 214 g/mol. The first-order valence-corrected chi connectivity index (χ1v) is 4.71. The molecule has 2 rings (SSSR count). The number of rotatable bonds is 3. The second kappa shape index (κ2) is 4.30. The largest absolute Gasteiger partial charge is 0.480 e. The zero-order valence-corrected chi connectivity index (χ0v) is 8.65. The summed E-state index contributed by atoms with van der Waals surface area (Å²) in [4.78, 5) is 3.98. The second-order valence-corrected chi connectivity index (χ2v) is 3.29. The van der Waals surface area contributed by atoms with Gasteiger partial charge in [-0.05, 0) is 12.1 Å². The Morgan fingerprint density at radius 3 is 2.56 bits per heavy atom. The molecule has 0 radical (unpaired) electrons. The molecule has 0 N–H and O–H groups in total. The topological polar surface area (TPSA) is 27.1 Å². The van der Waals surface area contributed by atoms with Crippen LogP contribution in [0.2, 0.25) is 0 Å². The van der Waals surface area contributed by atoms with Crippen LogP contribution in [0.4, 0.5) is 8.78 Å². The first-order chi connectivity index (χ1) is 7.68. The van der Waals surface area contributed by atoms with E-state index in [-0.39, 0.29) is 12.4 Å². The van der Waals surface area contributed by atoms with E-state index < -0.39 is 11.6 Å². The highest BCUT2D eigenvalue weighted by atomic mass is 19.1. The van der Waals surface area contributed by atoms with Gasteiger partial charge in [-0.25, -0.2) is 13.8 Å². The number of aromatic nitrogens is 2. The van der Waals surface area contributed by atoms with Gasteiger partial charge in [-0.1, -0.05) is 6.07 Å². The summed E-state index contributed by atoms with van der Waals surface area (Å²) in [6, 6.07) is 3.59. The Kier molecular flexibility index (Phi) is 2.85. The van der Waals surface area contributed by atoms with Gasteiger partial charge in [0, 0.05) is 19.4 Å². The molecule has 0 saturated heterocycles. The highest BCUT2D eigenvalue weighted by Gasteiger charge is 2.10. The molecule has 0 saturated carbocycles. The van der Waals surface area contributed by atoms with Crippen LogP contribution in [0.3, 0.4) is 0 Å². The summed E-state index contributed by atoms with van der Waals surface area (Å²) in [5, 5.41) is 0. The Hall–Kier alpha value is -1.91. The van der Waals surface area contributed by atoms with Crippen LogP contribution in [0.15, 0.2) is 30.6 Å². The molecule has 0 atom stereocenters. The monoisotopic (exact) mass is 224 g/mol. The smallest absolute Gasteiger partial charge is 0.191 e. The average molecular weight is 224 g/mol. The van der Waals surface area contributed by atoms with Gasteiger partial charge < -0.3 is 9.30 Å².